The van der Waals surface area contributed by atoms with Gasteiger partial charge in [0.05, 0.1) is 2.74 Å². The molecule has 0 unspecified atom stereocenters. The van der Waals surface area contributed by atoms with Crippen LogP contribution in [0.25, 0.3) is 10.4 Å². The van der Waals surface area contributed by atoms with Gasteiger partial charge in [0, 0.05) is 33.4 Å². The number of hydrogen-bond acceptors (Lipinski definition) is 1. The van der Waals surface area contributed by atoms with Gasteiger partial charge in [0.1, 0.15) is 0 Å². The molecular weight excluding hydrogens is 355 g/mol. The molecule has 2 heterocycles. The maximum Gasteiger partial charge on any atom is 0.673 e. The Hall–Kier alpha value is -0.945. The average Bonchev–Trinajstić information content (AvgIpc) is 2.87. The van der Waals surface area contributed by atoms with Gasteiger partial charge in [0.2, 0.25) is 21.1 Å². The summed E-state index contributed by atoms with van der Waals surface area (Å²) in [6, 6.07) is 5.04. The monoisotopic (exact) mass is 380 g/mol. The third kappa shape index (κ3) is 7.30. The van der Waals surface area contributed by atoms with Crippen LogP contribution in [0, 0.1) is 0 Å². The standard InChI is InChI=1S/C17H23S2.BF4/c1-16(2,3)14-10-12(13-8-7-9-18-13)11-15(19-14)17(4,5)6;2-1(3,4)5/h7-11H,1-6H3;/q+1;-1/i10D,11D;. The third-order valence-corrected chi connectivity index (χ3v) is 5.54. The van der Waals surface area contributed by atoms with Crippen LogP contribution < -0.4 is 0 Å². The van der Waals surface area contributed by atoms with Crippen LogP contribution in [0.3, 0.4) is 0 Å². The van der Waals surface area contributed by atoms with Gasteiger partial charge in [0.15, 0.2) is 0 Å². The molecule has 2 rings (SSSR count). The van der Waals surface area contributed by atoms with E-state index in [-0.39, 0.29) is 10.8 Å². The smallest absolute Gasteiger partial charge is 0.418 e. The lowest BCUT2D eigenvalue weighted by Gasteiger charge is -2.16. The molecule has 0 amide bonds. The van der Waals surface area contributed by atoms with Gasteiger partial charge in [-0.15, -0.1) is 11.3 Å². The highest BCUT2D eigenvalue weighted by Crippen LogP contribution is 2.38. The van der Waals surface area contributed by atoms with E-state index in [2.05, 4.69) is 41.5 Å². The van der Waals surface area contributed by atoms with Crippen molar-refractivity contribution in [3.8, 4) is 10.4 Å². The van der Waals surface area contributed by atoms with E-state index in [0.29, 0.717) is 12.1 Å². The molecule has 24 heavy (non-hydrogen) atoms. The molecule has 0 aliphatic rings. The zero-order chi connectivity index (χ0) is 20.5. The minimum atomic E-state index is -6.00. The Morgan fingerprint density at radius 1 is 0.958 bits per heavy atom. The second-order valence-corrected chi connectivity index (χ2v) is 9.33. The second kappa shape index (κ2) is 7.52. The molecule has 2 aromatic rings. The van der Waals surface area contributed by atoms with Crippen molar-refractivity contribution >= 4 is 29.9 Å². The van der Waals surface area contributed by atoms with E-state index in [0.717, 1.165) is 20.2 Å². The molecule has 0 atom stereocenters. The first-order valence-electron chi connectivity index (χ1n) is 8.43. The molecule has 0 aromatic carbocycles. The summed E-state index contributed by atoms with van der Waals surface area (Å²) in [5, 5.41) is 2.01. The maximum atomic E-state index is 9.75. The summed E-state index contributed by atoms with van der Waals surface area (Å²) in [5.74, 6) is 0. The van der Waals surface area contributed by atoms with Gasteiger partial charge in [-0.1, -0.05) is 47.6 Å². The Balaban J connectivity index is 0.000000597. The van der Waals surface area contributed by atoms with Crippen molar-refractivity contribution in [2.75, 3.05) is 0 Å². The fourth-order valence-corrected chi connectivity index (χ4v) is 3.44. The summed E-state index contributed by atoms with van der Waals surface area (Å²) in [6.07, 6.45) is 0. The van der Waals surface area contributed by atoms with E-state index in [1.807, 2.05) is 17.5 Å². The van der Waals surface area contributed by atoms with Crippen molar-refractivity contribution in [1.29, 1.82) is 0 Å². The summed E-state index contributed by atoms with van der Waals surface area (Å²) in [4.78, 5) is 3.15. The van der Waals surface area contributed by atoms with E-state index in [9.17, 15) is 17.3 Å². The third-order valence-electron chi connectivity index (χ3n) is 2.81. The minimum absolute atomic E-state index is 0.0819. The van der Waals surface area contributed by atoms with Crippen LogP contribution in [0.1, 0.15) is 54.0 Å². The topological polar surface area (TPSA) is 0 Å². The van der Waals surface area contributed by atoms with Crippen molar-refractivity contribution < 1.29 is 20.0 Å². The summed E-state index contributed by atoms with van der Waals surface area (Å²) < 4.78 is 56.2. The summed E-state index contributed by atoms with van der Waals surface area (Å²) in [5.41, 5.74) is 0.627. The van der Waals surface area contributed by atoms with Gasteiger partial charge in [-0.25, -0.2) is 0 Å². The second-order valence-electron chi connectivity index (χ2n) is 7.36. The first kappa shape index (κ1) is 17.9. The molecule has 0 saturated carbocycles. The predicted octanol–water partition coefficient (Wildman–Crippen LogP) is 7.65. The highest BCUT2D eigenvalue weighted by molar-refractivity contribution is 7.14. The minimum Gasteiger partial charge on any atom is -0.418 e. The summed E-state index contributed by atoms with van der Waals surface area (Å²) in [7, 11) is -6.00. The Labute approximate surface area is 152 Å². The van der Waals surface area contributed by atoms with Gasteiger partial charge in [-0.2, -0.15) is 0 Å². The highest BCUT2D eigenvalue weighted by Gasteiger charge is 2.32. The summed E-state index contributed by atoms with van der Waals surface area (Å²) >= 11 is 3.24. The number of thiophene rings is 1. The van der Waals surface area contributed by atoms with E-state index in [4.69, 9.17) is 2.74 Å². The maximum absolute atomic E-state index is 9.75. The van der Waals surface area contributed by atoms with Crippen LogP contribution in [-0.2, 0) is 10.8 Å². The fraction of sp³-hybridized carbons (Fsp3) is 0.471. The van der Waals surface area contributed by atoms with E-state index in [1.54, 1.807) is 22.7 Å². The van der Waals surface area contributed by atoms with E-state index in [1.165, 1.54) is 0 Å². The SMILES string of the molecule is F[B-](F)(F)F.[2H]c1c(C(C)(C)C)[s+]c(C(C)(C)C)c([2H])c1-c1cccs1. The van der Waals surface area contributed by atoms with Crippen LogP contribution in [0.2, 0.25) is 0 Å². The molecule has 0 bridgehead atoms. The van der Waals surface area contributed by atoms with Crippen LogP contribution in [0.5, 0.6) is 0 Å². The molecule has 0 radical (unpaired) electrons. The predicted molar refractivity (Wildman–Crippen MR) is 99.6 cm³/mol. The zero-order valence-corrected chi connectivity index (χ0v) is 16.3. The lowest BCUT2D eigenvalue weighted by Crippen LogP contribution is -2.14. The van der Waals surface area contributed by atoms with Crippen molar-refractivity contribution in [3.63, 3.8) is 0 Å². The molecule has 0 aliphatic heterocycles. The molecular formula is C17H23BF4S2. The van der Waals surface area contributed by atoms with Crippen LogP contribution in [-0.4, -0.2) is 7.25 Å². The lowest BCUT2D eigenvalue weighted by atomic mass is 9.91. The number of halogens is 4. The van der Waals surface area contributed by atoms with Crippen molar-refractivity contribution in [2.24, 2.45) is 0 Å². The Kier molecular flexibility index (Phi) is 5.60. The molecule has 0 aliphatic carbocycles. The Morgan fingerprint density at radius 2 is 1.38 bits per heavy atom. The number of rotatable bonds is 1. The summed E-state index contributed by atoms with van der Waals surface area (Å²) in [6.45, 7) is 12.9. The average molecular weight is 380 g/mol. The lowest BCUT2D eigenvalue weighted by molar-refractivity contribution is 0.368. The van der Waals surface area contributed by atoms with Gasteiger partial charge in [-0.05, 0) is 11.4 Å². The zero-order valence-electron chi connectivity index (χ0n) is 16.6. The first-order chi connectivity index (χ1) is 11.5. The largest absolute Gasteiger partial charge is 0.673 e. The van der Waals surface area contributed by atoms with Crippen LogP contribution >= 0.6 is 22.7 Å². The van der Waals surface area contributed by atoms with Crippen molar-refractivity contribution in [2.45, 2.75) is 52.4 Å². The van der Waals surface area contributed by atoms with E-state index >= 15 is 0 Å². The Morgan fingerprint density at radius 3 is 1.67 bits per heavy atom. The first-order valence-corrected chi connectivity index (χ1v) is 9.12. The van der Waals surface area contributed by atoms with Crippen molar-refractivity contribution in [3.05, 3.63) is 39.4 Å². The van der Waals surface area contributed by atoms with Gasteiger partial charge < -0.3 is 17.3 Å². The molecule has 0 N–H and O–H groups in total. The molecule has 0 spiro atoms. The molecule has 0 nitrogen and oxygen atoms in total. The molecule has 7 heteroatoms. The van der Waals surface area contributed by atoms with Gasteiger partial charge in [0.25, 0.3) is 0 Å². The molecule has 134 valence electrons. The fourth-order valence-electron chi connectivity index (χ4n) is 1.64. The van der Waals surface area contributed by atoms with Crippen molar-refractivity contribution in [1.82, 2.24) is 0 Å². The molecule has 0 saturated heterocycles. The molecule has 0 fully saturated rings. The quantitative estimate of drug-likeness (QED) is 0.271. The highest BCUT2D eigenvalue weighted by atomic mass is 32.1. The molecule has 2 aromatic heterocycles. The Bertz CT molecular complexity index is 702. The van der Waals surface area contributed by atoms with Crippen LogP contribution in [0.4, 0.5) is 17.3 Å². The van der Waals surface area contributed by atoms with Crippen LogP contribution in [0.15, 0.2) is 29.6 Å². The van der Waals surface area contributed by atoms with E-state index < -0.39 is 7.25 Å². The number of hydrogen-bond donors (Lipinski definition) is 0. The van der Waals surface area contributed by atoms with Gasteiger partial charge >= 0.3 is 7.25 Å². The normalized spacial score (nSPS) is 13.8. The van der Waals surface area contributed by atoms with Gasteiger partial charge in [-0.3, -0.25) is 0 Å².